The Hall–Kier alpha value is -3.94. The van der Waals surface area contributed by atoms with Gasteiger partial charge in [-0.2, -0.15) is 0 Å². The predicted molar refractivity (Wildman–Crippen MR) is 92.3 cm³/mol. The average Bonchev–Trinajstić information content (AvgIpc) is 2.63. The topological polar surface area (TPSA) is 162 Å². The molecule has 26 heavy (non-hydrogen) atoms. The first-order valence-corrected chi connectivity index (χ1v) is 7.36. The van der Waals surface area contributed by atoms with Crippen molar-refractivity contribution in [3.63, 3.8) is 0 Å². The van der Waals surface area contributed by atoms with E-state index in [9.17, 15) is 40.9 Å². The van der Waals surface area contributed by atoms with Crippen LogP contribution in [-0.2, 0) is 0 Å². The number of hydrogen-bond acceptors (Lipinski definition) is 8. The van der Waals surface area contributed by atoms with Crippen molar-refractivity contribution in [1.82, 2.24) is 0 Å². The average molecular weight is 356 g/mol. The van der Waals surface area contributed by atoms with Gasteiger partial charge >= 0.3 is 0 Å². The van der Waals surface area contributed by atoms with E-state index in [2.05, 4.69) is 0 Å². The van der Waals surface area contributed by atoms with Crippen molar-refractivity contribution in [1.29, 1.82) is 0 Å². The van der Waals surface area contributed by atoms with Crippen molar-refractivity contribution < 1.29 is 40.9 Å². The van der Waals surface area contributed by atoms with E-state index in [4.69, 9.17) is 0 Å². The summed E-state index contributed by atoms with van der Waals surface area (Å²) in [5, 5.41) is 80.1. The molecular formula is C18H12O8. The zero-order chi connectivity index (χ0) is 18.9. The van der Waals surface area contributed by atoms with Gasteiger partial charge in [0.05, 0.1) is 5.39 Å². The zero-order valence-corrected chi connectivity index (χ0v) is 12.9. The Labute approximate surface area is 144 Å². The van der Waals surface area contributed by atoms with Crippen LogP contribution >= 0.6 is 0 Å². The highest BCUT2D eigenvalue weighted by atomic mass is 16.3. The molecule has 0 aliphatic rings. The van der Waals surface area contributed by atoms with Gasteiger partial charge in [-0.15, -0.1) is 0 Å². The minimum Gasteiger partial charge on any atom is -0.504 e. The molecule has 0 unspecified atom stereocenters. The minimum absolute atomic E-state index is 0.0812. The van der Waals surface area contributed by atoms with Gasteiger partial charge in [0.15, 0.2) is 34.5 Å². The van der Waals surface area contributed by atoms with E-state index in [1.165, 1.54) is 24.3 Å². The molecule has 0 saturated carbocycles. The van der Waals surface area contributed by atoms with Crippen molar-refractivity contribution in [2.24, 2.45) is 0 Å². The van der Waals surface area contributed by atoms with Crippen molar-refractivity contribution in [2.45, 2.75) is 0 Å². The van der Waals surface area contributed by atoms with E-state index in [1.807, 2.05) is 0 Å². The van der Waals surface area contributed by atoms with Gasteiger partial charge in [-0.3, -0.25) is 0 Å². The van der Waals surface area contributed by atoms with Gasteiger partial charge in [-0.25, -0.2) is 0 Å². The van der Waals surface area contributed by atoms with Crippen LogP contribution < -0.4 is 0 Å². The lowest BCUT2D eigenvalue weighted by Gasteiger charge is -2.15. The summed E-state index contributed by atoms with van der Waals surface area (Å²) < 4.78 is 0. The monoisotopic (exact) mass is 356 g/mol. The summed E-state index contributed by atoms with van der Waals surface area (Å²) in [6, 6.07) is 5.31. The molecule has 4 aromatic rings. The number of hydrogen-bond donors (Lipinski definition) is 8. The molecule has 132 valence electrons. The van der Waals surface area contributed by atoms with Crippen LogP contribution in [0.3, 0.4) is 0 Å². The van der Waals surface area contributed by atoms with E-state index in [0.29, 0.717) is 0 Å². The van der Waals surface area contributed by atoms with Crippen LogP contribution in [-0.4, -0.2) is 40.9 Å². The number of rotatable bonds is 0. The predicted octanol–water partition coefficient (Wildman–Crippen LogP) is 2.79. The maximum Gasteiger partial charge on any atom is 0.204 e. The van der Waals surface area contributed by atoms with E-state index in [1.54, 1.807) is 0 Å². The third-order valence-corrected chi connectivity index (χ3v) is 4.51. The molecule has 0 heterocycles. The smallest absolute Gasteiger partial charge is 0.204 e. The number of phenols is 8. The first-order chi connectivity index (χ1) is 12.3. The third-order valence-electron chi connectivity index (χ3n) is 4.51. The second-order valence-electron chi connectivity index (χ2n) is 5.86. The number of phenolic OH excluding ortho intramolecular Hbond substituents is 8. The fourth-order valence-electron chi connectivity index (χ4n) is 3.27. The molecule has 8 nitrogen and oxygen atoms in total. The summed E-state index contributed by atoms with van der Waals surface area (Å²) in [6.45, 7) is 0. The van der Waals surface area contributed by atoms with Gasteiger partial charge in [0.25, 0.3) is 0 Å². The lowest BCUT2D eigenvalue weighted by atomic mass is 9.93. The molecule has 4 rings (SSSR count). The summed E-state index contributed by atoms with van der Waals surface area (Å²) in [5.74, 6) is -6.11. The van der Waals surface area contributed by atoms with Gasteiger partial charge in [0.2, 0.25) is 11.5 Å². The van der Waals surface area contributed by atoms with Crippen molar-refractivity contribution >= 4 is 32.3 Å². The van der Waals surface area contributed by atoms with Crippen LogP contribution in [0.2, 0.25) is 0 Å². The Balaban J connectivity index is 2.40. The van der Waals surface area contributed by atoms with E-state index in [0.717, 1.165) is 0 Å². The highest BCUT2D eigenvalue weighted by Gasteiger charge is 2.25. The van der Waals surface area contributed by atoms with E-state index >= 15 is 0 Å². The normalized spacial score (nSPS) is 11.5. The molecule has 8 N–H and O–H groups in total. The molecule has 0 spiro atoms. The quantitative estimate of drug-likeness (QED) is 0.135. The molecule has 0 fully saturated rings. The van der Waals surface area contributed by atoms with E-state index in [-0.39, 0.29) is 32.3 Å². The molecule has 0 bridgehead atoms. The Kier molecular flexibility index (Phi) is 2.87. The lowest BCUT2D eigenvalue weighted by Crippen LogP contribution is -1.87. The van der Waals surface area contributed by atoms with Gasteiger partial charge < -0.3 is 40.9 Å². The largest absolute Gasteiger partial charge is 0.504 e. The highest BCUT2D eigenvalue weighted by molar-refractivity contribution is 6.25. The fraction of sp³-hybridized carbons (Fsp3) is 0. The Morgan fingerprint density at radius 3 is 1.46 bits per heavy atom. The first kappa shape index (κ1) is 15.6. The standard InChI is InChI=1S/C18H12O8/c19-8-4-3-6-5-1-2-7-10(15(23)18(26)17(25)12(7)20)9(5)14(22)16(24)11(6)13(8)21/h1-4,19-26H. The Bertz CT molecular complexity index is 1260. The second kappa shape index (κ2) is 4.79. The molecule has 0 saturated heterocycles. The molecule has 8 heteroatoms. The van der Waals surface area contributed by atoms with Gasteiger partial charge in [-0.1, -0.05) is 6.07 Å². The number of benzene rings is 4. The van der Waals surface area contributed by atoms with Crippen LogP contribution in [0.15, 0.2) is 24.3 Å². The molecular weight excluding hydrogens is 344 g/mol. The molecule has 0 amide bonds. The molecule has 0 aromatic heterocycles. The molecule has 0 radical (unpaired) electrons. The molecule has 0 aliphatic carbocycles. The number of fused-ring (bicyclic) bond motifs is 5. The van der Waals surface area contributed by atoms with Crippen molar-refractivity contribution in [3.05, 3.63) is 24.3 Å². The highest BCUT2D eigenvalue weighted by Crippen LogP contribution is 2.55. The Morgan fingerprint density at radius 1 is 0.346 bits per heavy atom. The summed E-state index contributed by atoms with van der Waals surface area (Å²) in [5.41, 5.74) is 0. The maximum atomic E-state index is 10.5. The fourth-order valence-corrected chi connectivity index (χ4v) is 3.27. The Morgan fingerprint density at radius 2 is 0.769 bits per heavy atom. The molecule has 4 aromatic carbocycles. The molecule has 0 aliphatic heterocycles. The van der Waals surface area contributed by atoms with E-state index < -0.39 is 46.0 Å². The van der Waals surface area contributed by atoms with Crippen molar-refractivity contribution in [2.75, 3.05) is 0 Å². The summed E-state index contributed by atoms with van der Waals surface area (Å²) in [6.07, 6.45) is 0. The van der Waals surface area contributed by atoms with Crippen LogP contribution in [0, 0.1) is 0 Å². The van der Waals surface area contributed by atoms with Gasteiger partial charge in [0.1, 0.15) is 0 Å². The summed E-state index contributed by atoms with van der Waals surface area (Å²) in [4.78, 5) is 0. The summed E-state index contributed by atoms with van der Waals surface area (Å²) >= 11 is 0. The van der Waals surface area contributed by atoms with Gasteiger partial charge in [-0.05, 0) is 29.0 Å². The lowest BCUT2D eigenvalue weighted by molar-refractivity contribution is 0.351. The number of aromatic hydroxyl groups is 8. The van der Waals surface area contributed by atoms with Crippen LogP contribution in [0.4, 0.5) is 0 Å². The third kappa shape index (κ3) is 1.67. The van der Waals surface area contributed by atoms with Gasteiger partial charge in [0, 0.05) is 16.2 Å². The van der Waals surface area contributed by atoms with Crippen LogP contribution in [0.1, 0.15) is 0 Å². The SMILES string of the molecule is Oc1ccc2c(c1O)c(O)c(O)c1c2ccc2c(O)c(O)c(O)c(O)c21. The molecule has 0 atom stereocenters. The summed E-state index contributed by atoms with van der Waals surface area (Å²) in [7, 11) is 0. The zero-order valence-electron chi connectivity index (χ0n) is 12.9. The first-order valence-electron chi connectivity index (χ1n) is 7.36. The van der Waals surface area contributed by atoms with Crippen LogP contribution in [0.25, 0.3) is 32.3 Å². The maximum absolute atomic E-state index is 10.5. The van der Waals surface area contributed by atoms with Crippen molar-refractivity contribution in [3.8, 4) is 46.0 Å². The van der Waals surface area contributed by atoms with Crippen LogP contribution in [0.5, 0.6) is 46.0 Å². The second-order valence-corrected chi connectivity index (χ2v) is 5.86. The minimum atomic E-state index is -0.991.